The number of amides is 2. The summed E-state index contributed by atoms with van der Waals surface area (Å²) in [6.07, 6.45) is -9.23. The van der Waals surface area contributed by atoms with Crippen molar-refractivity contribution in [3.63, 3.8) is 0 Å². The smallest absolute Gasteiger partial charge is 0.497 e. The number of carbonyl (C=O) groups is 2. The standard InChI is InChI=1S/C26H23F5N2O7/c1-36-14-3-4-15-16(10-20(38-18(15)9-14)21(34)33-24(11-37-12-24)25(27,28)29)32-22(35)23(6-7-23)13-2-5-17-19(8-13)40-26(30,31)39-17/h2-5,8-9,16,20H,6-7,10-12H2,1H3,(H,32,35)(H,33,34)/t16-,20-/m1/s1. The molecule has 214 valence electrons. The van der Waals surface area contributed by atoms with Crippen molar-refractivity contribution in [2.24, 2.45) is 0 Å². The Kier molecular flexibility index (Phi) is 5.84. The molecule has 2 fully saturated rings. The van der Waals surface area contributed by atoms with E-state index in [2.05, 4.69) is 14.8 Å². The third-order valence-corrected chi connectivity index (χ3v) is 7.65. The molecule has 9 nitrogen and oxygen atoms in total. The SMILES string of the molecule is COc1ccc2c(c1)O[C@@H](C(=O)NC1(C(F)(F)F)COC1)C[C@H]2NC(=O)C1(c2ccc3c(c2)OC(F)(F)O3)CC1. The van der Waals surface area contributed by atoms with Crippen molar-refractivity contribution in [2.45, 2.75) is 54.8 Å². The van der Waals surface area contributed by atoms with Crippen LogP contribution in [0.1, 0.15) is 36.4 Å². The van der Waals surface area contributed by atoms with Crippen LogP contribution in [-0.4, -0.2) is 56.3 Å². The van der Waals surface area contributed by atoms with Crippen LogP contribution in [0.25, 0.3) is 0 Å². The zero-order valence-corrected chi connectivity index (χ0v) is 20.9. The van der Waals surface area contributed by atoms with Gasteiger partial charge in [0.2, 0.25) is 5.91 Å². The first-order chi connectivity index (χ1) is 18.8. The summed E-state index contributed by atoms with van der Waals surface area (Å²) in [5, 5.41) is 4.92. The molecule has 2 aromatic rings. The van der Waals surface area contributed by atoms with Gasteiger partial charge in [0.05, 0.1) is 31.8 Å². The lowest BCUT2D eigenvalue weighted by atomic mass is 9.91. The quantitative estimate of drug-likeness (QED) is 0.513. The number of methoxy groups -OCH3 is 1. The predicted octanol–water partition coefficient (Wildman–Crippen LogP) is 3.50. The molecule has 2 N–H and O–H groups in total. The minimum atomic E-state index is -4.74. The van der Waals surface area contributed by atoms with Crippen LogP contribution in [0.15, 0.2) is 36.4 Å². The summed E-state index contributed by atoms with van der Waals surface area (Å²) in [6.45, 7) is -1.44. The third-order valence-electron chi connectivity index (χ3n) is 7.65. The molecule has 40 heavy (non-hydrogen) atoms. The average molecular weight is 570 g/mol. The molecule has 1 aliphatic carbocycles. The van der Waals surface area contributed by atoms with E-state index in [4.69, 9.17) is 14.2 Å². The van der Waals surface area contributed by atoms with Gasteiger partial charge in [-0.15, -0.1) is 8.78 Å². The van der Waals surface area contributed by atoms with Crippen LogP contribution in [0.5, 0.6) is 23.0 Å². The first-order valence-corrected chi connectivity index (χ1v) is 12.4. The Bertz CT molecular complexity index is 1370. The highest BCUT2D eigenvalue weighted by Gasteiger charge is 2.62. The number of hydrogen-bond donors (Lipinski definition) is 2. The van der Waals surface area contributed by atoms with Gasteiger partial charge in [0.1, 0.15) is 11.5 Å². The second kappa shape index (κ2) is 8.85. The summed E-state index contributed by atoms with van der Waals surface area (Å²) >= 11 is 0. The van der Waals surface area contributed by atoms with Gasteiger partial charge < -0.3 is 34.3 Å². The van der Waals surface area contributed by atoms with Crippen molar-refractivity contribution in [3.8, 4) is 23.0 Å². The Morgan fingerprint density at radius 2 is 1.73 bits per heavy atom. The zero-order chi connectivity index (χ0) is 28.5. The molecule has 3 aliphatic heterocycles. The van der Waals surface area contributed by atoms with E-state index in [1.54, 1.807) is 12.1 Å². The molecule has 0 spiro atoms. The van der Waals surface area contributed by atoms with Gasteiger partial charge in [-0.1, -0.05) is 6.07 Å². The zero-order valence-electron chi connectivity index (χ0n) is 20.9. The fourth-order valence-corrected chi connectivity index (χ4v) is 5.12. The van der Waals surface area contributed by atoms with Crippen LogP contribution in [0.2, 0.25) is 0 Å². The lowest BCUT2D eigenvalue weighted by molar-refractivity contribution is -0.286. The first-order valence-electron chi connectivity index (χ1n) is 12.4. The van der Waals surface area contributed by atoms with Crippen LogP contribution < -0.4 is 29.6 Å². The second-order valence-electron chi connectivity index (χ2n) is 10.2. The van der Waals surface area contributed by atoms with Crippen molar-refractivity contribution in [1.29, 1.82) is 0 Å². The highest BCUT2D eigenvalue weighted by Crippen LogP contribution is 2.52. The molecule has 0 bridgehead atoms. The number of halogens is 5. The van der Waals surface area contributed by atoms with E-state index in [1.165, 1.54) is 31.4 Å². The molecule has 3 heterocycles. The molecule has 1 saturated heterocycles. The maximum atomic E-state index is 13.6. The molecule has 0 unspecified atom stereocenters. The molecule has 4 aliphatic rings. The molecular weight excluding hydrogens is 547 g/mol. The van der Waals surface area contributed by atoms with E-state index in [0.29, 0.717) is 29.7 Å². The lowest BCUT2D eigenvalue weighted by Crippen LogP contribution is -2.71. The molecule has 2 amide bonds. The fourth-order valence-electron chi connectivity index (χ4n) is 5.12. The summed E-state index contributed by atoms with van der Waals surface area (Å²) in [6, 6.07) is 8.06. The van der Waals surface area contributed by atoms with Crippen LogP contribution in [-0.2, 0) is 19.7 Å². The average Bonchev–Trinajstić information content (AvgIpc) is 3.61. The van der Waals surface area contributed by atoms with Gasteiger partial charge in [-0.2, -0.15) is 13.2 Å². The monoisotopic (exact) mass is 570 g/mol. The van der Waals surface area contributed by atoms with E-state index in [0.717, 1.165) is 0 Å². The second-order valence-corrected chi connectivity index (χ2v) is 10.2. The van der Waals surface area contributed by atoms with Gasteiger partial charge in [-0.25, -0.2) is 0 Å². The highest BCUT2D eigenvalue weighted by atomic mass is 19.4. The van der Waals surface area contributed by atoms with Gasteiger partial charge in [0.15, 0.2) is 23.1 Å². The molecule has 2 atom stereocenters. The fraction of sp³-hybridized carbons (Fsp3) is 0.462. The number of rotatable bonds is 6. The lowest BCUT2D eigenvalue weighted by Gasteiger charge is -2.44. The molecule has 0 aromatic heterocycles. The van der Waals surface area contributed by atoms with Crippen molar-refractivity contribution in [2.75, 3.05) is 20.3 Å². The van der Waals surface area contributed by atoms with Gasteiger partial charge in [0, 0.05) is 18.1 Å². The van der Waals surface area contributed by atoms with Crippen molar-refractivity contribution in [1.82, 2.24) is 10.6 Å². The largest absolute Gasteiger partial charge is 0.586 e. The normalized spacial score (nSPS) is 24.6. The maximum absolute atomic E-state index is 13.6. The summed E-state index contributed by atoms with van der Waals surface area (Å²) in [5.74, 6) is -1.26. The summed E-state index contributed by atoms with van der Waals surface area (Å²) in [5.41, 5.74) is -2.62. The van der Waals surface area contributed by atoms with Crippen LogP contribution in [0, 0.1) is 0 Å². The van der Waals surface area contributed by atoms with Gasteiger partial charge >= 0.3 is 12.5 Å². The minimum Gasteiger partial charge on any atom is -0.497 e. The number of benzene rings is 2. The van der Waals surface area contributed by atoms with E-state index in [9.17, 15) is 31.5 Å². The Balaban J connectivity index is 1.24. The number of alkyl halides is 5. The molecule has 2 aromatic carbocycles. The number of carbonyl (C=O) groups excluding carboxylic acids is 2. The van der Waals surface area contributed by atoms with Gasteiger partial charge in [-0.05, 0) is 42.7 Å². The van der Waals surface area contributed by atoms with Crippen LogP contribution in [0.4, 0.5) is 22.0 Å². The third kappa shape index (κ3) is 4.34. The van der Waals surface area contributed by atoms with Gasteiger partial charge in [-0.3, -0.25) is 9.59 Å². The summed E-state index contributed by atoms with van der Waals surface area (Å²) in [4.78, 5) is 26.6. The molecule has 14 heteroatoms. The highest BCUT2D eigenvalue weighted by molar-refractivity contribution is 5.92. The van der Waals surface area contributed by atoms with E-state index < -0.39 is 60.6 Å². The van der Waals surface area contributed by atoms with Crippen molar-refractivity contribution >= 4 is 11.8 Å². The molecule has 0 radical (unpaired) electrons. The Labute approximate surface area is 223 Å². The van der Waals surface area contributed by atoms with Crippen LogP contribution in [0.3, 0.4) is 0 Å². The number of hydrogen-bond acceptors (Lipinski definition) is 7. The number of fused-ring (bicyclic) bond motifs is 2. The van der Waals surface area contributed by atoms with E-state index in [1.807, 2.05) is 5.32 Å². The van der Waals surface area contributed by atoms with E-state index in [-0.39, 0.29) is 23.7 Å². The number of nitrogens with one attached hydrogen (secondary N) is 2. The maximum Gasteiger partial charge on any atom is 0.586 e. The Morgan fingerprint density at radius 3 is 2.35 bits per heavy atom. The minimum absolute atomic E-state index is 0.153. The molecular formula is C26H23F5N2O7. The Hall–Kier alpha value is -3.81. The van der Waals surface area contributed by atoms with E-state index >= 15 is 0 Å². The number of ether oxygens (including phenoxy) is 5. The van der Waals surface area contributed by atoms with Crippen molar-refractivity contribution in [3.05, 3.63) is 47.5 Å². The predicted molar refractivity (Wildman–Crippen MR) is 124 cm³/mol. The van der Waals surface area contributed by atoms with Gasteiger partial charge in [0.25, 0.3) is 5.91 Å². The topological polar surface area (TPSA) is 104 Å². The summed E-state index contributed by atoms with van der Waals surface area (Å²) in [7, 11) is 1.41. The molecule has 1 saturated carbocycles. The van der Waals surface area contributed by atoms with Crippen molar-refractivity contribution < 1.29 is 55.2 Å². The summed E-state index contributed by atoms with van der Waals surface area (Å²) < 4.78 is 92.5. The molecule has 6 rings (SSSR count). The first kappa shape index (κ1) is 26.4. The van der Waals surface area contributed by atoms with Crippen LogP contribution >= 0.6 is 0 Å². The Morgan fingerprint density at radius 1 is 1.00 bits per heavy atom.